The summed E-state index contributed by atoms with van der Waals surface area (Å²) in [5.41, 5.74) is 0.199. The number of amides is 1. The third-order valence-electron chi connectivity index (χ3n) is 4.09. The van der Waals surface area contributed by atoms with Gasteiger partial charge >= 0.3 is 0 Å². The molecule has 0 bridgehead atoms. The summed E-state index contributed by atoms with van der Waals surface area (Å²) >= 11 is 0. The van der Waals surface area contributed by atoms with E-state index in [1.807, 2.05) is 0 Å². The number of nitro groups is 1. The quantitative estimate of drug-likeness (QED) is 0.465. The van der Waals surface area contributed by atoms with Gasteiger partial charge in [0.1, 0.15) is 11.6 Å². The summed E-state index contributed by atoms with van der Waals surface area (Å²) in [6.45, 7) is 1.44. The van der Waals surface area contributed by atoms with E-state index in [2.05, 4.69) is 0 Å². The molecule has 2 aromatic carbocycles. The minimum Gasteiger partial charge on any atom is -0.478 e. The van der Waals surface area contributed by atoms with Crippen LogP contribution in [-0.4, -0.2) is 29.3 Å². The first-order valence-electron chi connectivity index (χ1n) is 7.96. The first kappa shape index (κ1) is 17.5. The number of nitrogens with zero attached hydrogens (tertiary/aromatic N) is 2. The Kier molecular flexibility index (Phi) is 4.66. The molecule has 1 unspecified atom stereocenters. The molecule has 8 heteroatoms. The summed E-state index contributed by atoms with van der Waals surface area (Å²) < 4.78 is 18.6. The molecule has 134 valence electrons. The maximum Gasteiger partial charge on any atom is 0.271 e. The zero-order valence-corrected chi connectivity index (χ0v) is 13.8. The van der Waals surface area contributed by atoms with Crippen LogP contribution in [0.3, 0.4) is 0 Å². The lowest BCUT2D eigenvalue weighted by Crippen LogP contribution is -2.47. The van der Waals surface area contributed by atoms with Gasteiger partial charge in [-0.05, 0) is 36.8 Å². The number of ether oxygens (including phenoxy) is 1. The second kappa shape index (κ2) is 6.91. The summed E-state index contributed by atoms with van der Waals surface area (Å²) in [6.07, 6.45) is -0.388. The van der Waals surface area contributed by atoms with Crippen LogP contribution in [0.2, 0.25) is 0 Å². The first-order valence-corrected chi connectivity index (χ1v) is 7.96. The molecule has 0 aromatic heterocycles. The molecule has 0 radical (unpaired) electrons. The third kappa shape index (κ3) is 3.26. The highest BCUT2D eigenvalue weighted by Gasteiger charge is 2.35. The molecule has 3 rings (SSSR count). The van der Waals surface area contributed by atoms with Gasteiger partial charge in [-0.2, -0.15) is 0 Å². The SMILES string of the molecule is CCC1Oc2ccc([N+](=O)[O-])cc2N(CC(=O)c2ccc(F)cc2)C1=O. The number of Topliss-reactive ketones (excluding diaryl/α,β-unsaturated/α-hetero) is 1. The van der Waals surface area contributed by atoms with Crippen molar-refractivity contribution in [2.24, 2.45) is 0 Å². The Morgan fingerprint density at radius 2 is 1.96 bits per heavy atom. The van der Waals surface area contributed by atoms with Gasteiger partial charge in [0.05, 0.1) is 17.2 Å². The number of rotatable bonds is 5. The molecule has 0 spiro atoms. The van der Waals surface area contributed by atoms with Gasteiger partial charge in [-0.3, -0.25) is 24.6 Å². The van der Waals surface area contributed by atoms with Crippen molar-refractivity contribution >= 4 is 23.1 Å². The van der Waals surface area contributed by atoms with E-state index in [0.29, 0.717) is 12.2 Å². The maximum absolute atomic E-state index is 13.0. The Labute approximate surface area is 148 Å². The highest BCUT2D eigenvalue weighted by Crippen LogP contribution is 2.37. The predicted octanol–water partition coefficient (Wildman–Crippen LogP) is 3.12. The highest BCUT2D eigenvalue weighted by atomic mass is 19.1. The number of carbonyl (C=O) groups excluding carboxylic acids is 2. The van der Waals surface area contributed by atoms with Crippen molar-refractivity contribution in [1.82, 2.24) is 0 Å². The summed E-state index contributed by atoms with van der Waals surface area (Å²) in [5, 5.41) is 11.0. The smallest absolute Gasteiger partial charge is 0.271 e. The number of nitro benzene ring substituents is 1. The molecule has 2 aromatic rings. The Morgan fingerprint density at radius 1 is 1.27 bits per heavy atom. The van der Waals surface area contributed by atoms with Crippen LogP contribution in [0.15, 0.2) is 42.5 Å². The van der Waals surface area contributed by atoms with E-state index in [0.717, 1.165) is 12.1 Å². The number of hydrogen-bond acceptors (Lipinski definition) is 5. The first-order chi connectivity index (χ1) is 12.4. The monoisotopic (exact) mass is 358 g/mol. The van der Waals surface area contributed by atoms with Crippen LogP contribution in [-0.2, 0) is 4.79 Å². The minimum atomic E-state index is -0.773. The molecule has 0 saturated carbocycles. The number of carbonyl (C=O) groups is 2. The van der Waals surface area contributed by atoms with E-state index >= 15 is 0 Å². The van der Waals surface area contributed by atoms with E-state index < -0.39 is 28.5 Å². The maximum atomic E-state index is 13.0. The molecule has 1 heterocycles. The van der Waals surface area contributed by atoms with Gasteiger partial charge < -0.3 is 4.74 Å². The number of hydrogen-bond donors (Lipinski definition) is 0. The van der Waals surface area contributed by atoms with Crippen molar-refractivity contribution in [3.05, 3.63) is 64.0 Å². The number of non-ortho nitro benzene ring substituents is 1. The topological polar surface area (TPSA) is 89.8 Å². The number of halogens is 1. The lowest BCUT2D eigenvalue weighted by atomic mass is 10.1. The second-order valence-corrected chi connectivity index (χ2v) is 5.78. The van der Waals surface area contributed by atoms with Crippen molar-refractivity contribution in [2.75, 3.05) is 11.4 Å². The zero-order valence-electron chi connectivity index (χ0n) is 13.8. The average molecular weight is 358 g/mol. The van der Waals surface area contributed by atoms with Gasteiger partial charge in [-0.1, -0.05) is 6.92 Å². The normalized spacial score (nSPS) is 16.0. The van der Waals surface area contributed by atoms with Crippen molar-refractivity contribution in [2.45, 2.75) is 19.4 Å². The van der Waals surface area contributed by atoms with Crippen LogP contribution in [0.5, 0.6) is 5.75 Å². The van der Waals surface area contributed by atoms with E-state index in [1.165, 1.54) is 35.2 Å². The van der Waals surface area contributed by atoms with E-state index in [9.17, 15) is 24.1 Å². The van der Waals surface area contributed by atoms with Crippen LogP contribution in [0.4, 0.5) is 15.8 Å². The molecular weight excluding hydrogens is 343 g/mol. The number of fused-ring (bicyclic) bond motifs is 1. The molecule has 7 nitrogen and oxygen atoms in total. The number of benzene rings is 2. The van der Waals surface area contributed by atoms with E-state index in [-0.39, 0.29) is 23.5 Å². The fraction of sp³-hybridized carbons (Fsp3) is 0.222. The molecule has 26 heavy (non-hydrogen) atoms. The molecular formula is C18H15FN2O5. The van der Waals surface area contributed by atoms with Crippen molar-refractivity contribution in [3.63, 3.8) is 0 Å². The molecule has 0 N–H and O–H groups in total. The minimum absolute atomic E-state index is 0.171. The van der Waals surface area contributed by atoms with Crippen LogP contribution in [0.1, 0.15) is 23.7 Å². The molecule has 0 fully saturated rings. The van der Waals surface area contributed by atoms with Gasteiger partial charge in [0, 0.05) is 17.7 Å². The summed E-state index contributed by atoms with van der Waals surface area (Å²) in [7, 11) is 0. The molecule has 1 aliphatic rings. The fourth-order valence-corrected chi connectivity index (χ4v) is 2.72. The van der Waals surface area contributed by atoms with Crippen LogP contribution < -0.4 is 9.64 Å². The second-order valence-electron chi connectivity index (χ2n) is 5.78. The summed E-state index contributed by atoms with van der Waals surface area (Å²) in [4.78, 5) is 36.8. The van der Waals surface area contributed by atoms with Gasteiger partial charge in [0.25, 0.3) is 11.6 Å². The average Bonchev–Trinajstić information content (AvgIpc) is 2.63. The third-order valence-corrected chi connectivity index (χ3v) is 4.09. The molecule has 0 aliphatic carbocycles. The largest absolute Gasteiger partial charge is 0.478 e. The zero-order chi connectivity index (χ0) is 18.8. The van der Waals surface area contributed by atoms with Crippen molar-refractivity contribution in [3.8, 4) is 5.75 Å². The molecule has 0 saturated heterocycles. The standard InChI is InChI=1S/C18H15FN2O5/c1-2-16-18(23)20(10-15(22)11-3-5-12(19)6-4-11)14-9-13(21(24)25)7-8-17(14)26-16/h3-9,16H,2,10H2,1H3. The summed E-state index contributed by atoms with van der Waals surface area (Å²) in [6, 6.07) is 8.86. The van der Waals surface area contributed by atoms with Gasteiger partial charge in [-0.25, -0.2) is 4.39 Å². The van der Waals surface area contributed by atoms with Gasteiger partial charge in [0.15, 0.2) is 11.9 Å². The Hall–Kier alpha value is -3.29. The lowest BCUT2D eigenvalue weighted by molar-refractivity contribution is -0.384. The number of anilines is 1. The van der Waals surface area contributed by atoms with Crippen molar-refractivity contribution < 1.29 is 23.6 Å². The lowest BCUT2D eigenvalue weighted by Gasteiger charge is -2.33. The summed E-state index contributed by atoms with van der Waals surface area (Å²) in [5.74, 6) is -1.03. The Balaban J connectivity index is 1.97. The predicted molar refractivity (Wildman–Crippen MR) is 90.9 cm³/mol. The Morgan fingerprint density at radius 3 is 2.58 bits per heavy atom. The van der Waals surface area contributed by atoms with E-state index in [4.69, 9.17) is 4.74 Å². The van der Waals surface area contributed by atoms with Crippen molar-refractivity contribution in [1.29, 1.82) is 0 Å². The molecule has 1 amide bonds. The Bertz CT molecular complexity index is 882. The van der Waals surface area contributed by atoms with E-state index in [1.54, 1.807) is 6.92 Å². The fourth-order valence-electron chi connectivity index (χ4n) is 2.72. The van der Waals surface area contributed by atoms with Crippen LogP contribution in [0, 0.1) is 15.9 Å². The van der Waals surface area contributed by atoms with Crippen LogP contribution in [0.25, 0.3) is 0 Å². The van der Waals surface area contributed by atoms with Gasteiger partial charge in [0.2, 0.25) is 0 Å². The van der Waals surface area contributed by atoms with Gasteiger partial charge in [-0.15, -0.1) is 0 Å². The molecule has 1 atom stereocenters. The molecule has 1 aliphatic heterocycles. The highest BCUT2D eigenvalue weighted by molar-refractivity contribution is 6.08. The van der Waals surface area contributed by atoms with Crippen LogP contribution >= 0.6 is 0 Å². The number of ketones is 1.